The van der Waals surface area contributed by atoms with Crippen LogP contribution >= 0.6 is 0 Å². The monoisotopic (exact) mass is 243 g/mol. The predicted octanol–water partition coefficient (Wildman–Crippen LogP) is 2.43. The van der Waals surface area contributed by atoms with E-state index in [0.29, 0.717) is 0 Å². The van der Waals surface area contributed by atoms with E-state index in [-0.39, 0.29) is 0 Å². The van der Waals surface area contributed by atoms with Crippen LogP contribution in [-0.2, 0) is 6.54 Å². The Morgan fingerprint density at radius 2 is 2.00 bits per heavy atom. The molecule has 0 amide bonds. The van der Waals surface area contributed by atoms with E-state index in [4.69, 9.17) is 4.74 Å². The van der Waals surface area contributed by atoms with Gasteiger partial charge in [-0.05, 0) is 13.0 Å². The maximum Gasteiger partial charge on any atom is 0.147 e. The van der Waals surface area contributed by atoms with Crippen LogP contribution < -0.4 is 9.64 Å². The molecule has 0 aliphatic rings. The van der Waals surface area contributed by atoms with Crippen molar-refractivity contribution in [2.24, 2.45) is 0 Å². The lowest BCUT2D eigenvalue weighted by molar-refractivity contribution is 0.409. The maximum absolute atomic E-state index is 5.34. The number of para-hydroxylation sites is 1. The van der Waals surface area contributed by atoms with Crippen LogP contribution in [0.25, 0.3) is 0 Å². The molecule has 2 aromatic rings. The van der Waals surface area contributed by atoms with Gasteiger partial charge in [0.05, 0.1) is 19.0 Å². The van der Waals surface area contributed by atoms with E-state index in [1.165, 1.54) is 0 Å². The van der Waals surface area contributed by atoms with Gasteiger partial charge in [0, 0.05) is 25.4 Å². The molecule has 18 heavy (non-hydrogen) atoms. The van der Waals surface area contributed by atoms with Gasteiger partial charge in [0.25, 0.3) is 0 Å². The third kappa shape index (κ3) is 2.77. The third-order valence-corrected chi connectivity index (χ3v) is 2.73. The topological polar surface area (TPSA) is 38.2 Å². The third-order valence-electron chi connectivity index (χ3n) is 2.73. The Hall–Kier alpha value is -2.10. The van der Waals surface area contributed by atoms with Gasteiger partial charge >= 0.3 is 0 Å². The molecule has 1 aromatic heterocycles. The van der Waals surface area contributed by atoms with Crippen molar-refractivity contribution in [3.63, 3.8) is 0 Å². The highest BCUT2D eigenvalue weighted by atomic mass is 16.5. The molecule has 0 radical (unpaired) electrons. The van der Waals surface area contributed by atoms with Crippen molar-refractivity contribution >= 4 is 5.82 Å². The summed E-state index contributed by atoms with van der Waals surface area (Å²) in [6, 6.07) is 7.99. The molecule has 2 rings (SSSR count). The Morgan fingerprint density at radius 1 is 1.22 bits per heavy atom. The lowest BCUT2D eigenvalue weighted by Crippen LogP contribution is -2.18. The zero-order chi connectivity index (χ0) is 13.0. The molecule has 1 aromatic carbocycles. The van der Waals surface area contributed by atoms with E-state index >= 15 is 0 Å². The number of aromatic nitrogens is 2. The van der Waals surface area contributed by atoms with Crippen molar-refractivity contribution in [2.45, 2.75) is 13.5 Å². The van der Waals surface area contributed by atoms with Crippen LogP contribution in [0.5, 0.6) is 5.75 Å². The zero-order valence-corrected chi connectivity index (χ0v) is 10.9. The van der Waals surface area contributed by atoms with E-state index in [1.807, 2.05) is 32.2 Å². The molecule has 0 saturated carbocycles. The van der Waals surface area contributed by atoms with Gasteiger partial charge in [-0.2, -0.15) is 0 Å². The first-order chi connectivity index (χ1) is 8.70. The molecule has 0 bridgehead atoms. The van der Waals surface area contributed by atoms with Crippen molar-refractivity contribution in [1.82, 2.24) is 9.97 Å². The quantitative estimate of drug-likeness (QED) is 0.826. The molecule has 1 heterocycles. The van der Waals surface area contributed by atoms with Crippen LogP contribution in [0.4, 0.5) is 5.82 Å². The number of anilines is 1. The predicted molar refractivity (Wildman–Crippen MR) is 71.9 cm³/mol. The van der Waals surface area contributed by atoms with E-state index in [1.54, 1.807) is 19.5 Å². The summed E-state index contributed by atoms with van der Waals surface area (Å²) in [5.74, 6) is 1.76. The number of methoxy groups -OCH3 is 1. The number of hydrogen-bond acceptors (Lipinski definition) is 4. The summed E-state index contributed by atoms with van der Waals surface area (Å²) in [6.45, 7) is 2.68. The molecule has 4 heteroatoms. The Balaban J connectivity index is 2.18. The van der Waals surface area contributed by atoms with Gasteiger partial charge < -0.3 is 9.64 Å². The second-order valence-electron chi connectivity index (χ2n) is 4.19. The molecule has 0 N–H and O–H groups in total. The van der Waals surface area contributed by atoms with Gasteiger partial charge in [-0.25, -0.2) is 4.98 Å². The maximum atomic E-state index is 5.34. The largest absolute Gasteiger partial charge is 0.496 e. The lowest BCUT2D eigenvalue weighted by Gasteiger charge is -2.19. The van der Waals surface area contributed by atoms with Crippen LogP contribution in [0.15, 0.2) is 36.7 Å². The molecular weight excluding hydrogens is 226 g/mol. The van der Waals surface area contributed by atoms with Gasteiger partial charge in [-0.15, -0.1) is 0 Å². The normalized spacial score (nSPS) is 10.2. The number of nitrogens with zero attached hydrogens (tertiary/aromatic N) is 3. The molecule has 0 atom stereocenters. The number of rotatable bonds is 4. The standard InChI is InChI=1S/C14H17N3O/c1-11-8-15-9-14(16-11)17(2)10-12-6-4-5-7-13(12)18-3/h4-9H,10H2,1-3H3. The van der Waals surface area contributed by atoms with Crippen molar-refractivity contribution in [3.8, 4) is 5.75 Å². The first-order valence-electron chi connectivity index (χ1n) is 5.82. The Morgan fingerprint density at radius 3 is 2.72 bits per heavy atom. The molecule has 4 nitrogen and oxygen atoms in total. The number of benzene rings is 1. The molecule has 0 unspecified atom stereocenters. The average molecular weight is 243 g/mol. The van der Waals surface area contributed by atoms with Crippen LogP contribution in [0, 0.1) is 6.92 Å². The highest BCUT2D eigenvalue weighted by Gasteiger charge is 2.07. The SMILES string of the molecule is COc1ccccc1CN(C)c1cncc(C)n1. The summed E-state index contributed by atoms with van der Waals surface area (Å²) in [5.41, 5.74) is 2.05. The molecule has 0 fully saturated rings. The number of aryl methyl sites for hydroxylation is 1. The highest BCUT2D eigenvalue weighted by Crippen LogP contribution is 2.20. The fraction of sp³-hybridized carbons (Fsp3) is 0.286. The summed E-state index contributed by atoms with van der Waals surface area (Å²) in [5, 5.41) is 0. The minimum Gasteiger partial charge on any atom is -0.496 e. The number of hydrogen-bond donors (Lipinski definition) is 0. The van der Waals surface area contributed by atoms with E-state index in [0.717, 1.165) is 29.4 Å². The summed E-state index contributed by atoms with van der Waals surface area (Å²) >= 11 is 0. The average Bonchev–Trinajstić information content (AvgIpc) is 2.39. The first-order valence-corrected chi connectivity index (χ1v) is 5.82. The Labute approximate surface area is 107 Å². The molecule has 94 valence electrons. The van der Waals surface area contributed by atoms with Crippen LogP contribution in [0.1, 0.15) is 11.3 Å². The van der Waals surface area contributed by atoms with Crippen molar-refractivity contribution in [2.75, 3.05) is 19.1 Å². The van der Waals surface area contributed by atoms with Crippen molar-refractivity contribution < 1.29 is 4.74 Å². The van der Waals surface area contributed by atoms with Crippen LogP contribution in [0.2, 0.25) is 0 Å². The highest BCUT2D eigenvalue weighted by molar-refractivity contribution is 5.40. The van der Waals surface area contributed by atoms with E-state index in [9.17, 15) is 0 Å². The molecule has 0 aliphatic carbocycles. The summed E-state index contributed by atoms with van der Waals surface area (Å²) in [6.07, 6.45) is 3.52. The van der Waals surface area contributed by atoms with Crippen LogP contribution in [0.3, 0.4) is 0 Å². The van der Waals surface area contributed by atoms with Crippen LogP contribution in [-0.4, -0.2) is 24.1 Å². The van der Waals surface area contributed by atoms with Crippen molar-refractivity contribution in [1.29, 1.82) is 0 Å². The Bertz CT molecular complexity index is 528. The Kier molecular flexibility index (Phi) is 3.77. The van der Waals surface area contributed by atoms with Gasteiger partial charge in [0.15, 0.2) is 0 Å². The van der Waals surface area contributed by atoms with Gasteiger partial charge in [-0.3, -0.25) is 4.98 Å². The zero-order valence-electron chi connectivity index (χ0n) is 10.9. The number of ether oxygens (including phenoxy) is 1. The summed E-state index contributed by atoms with van der Waals surface area (Å²) in [7, 11) is 3.68. The molecular formula is C14H17N3O. The van der Waals surface area contributed by atoms with Gasteiger partial charge in [-0.1, -0.05) is 18.2 Å². The first kappa shape index (κ1) is 12.4. The second kappa shape index (κ2) is 5.49. The minimum atomic E-state index is 0.738. The molecule has 0 spiro atoms. The summed E-state index contributed by atoms with van der Waals surface area (Å²) < 4.78 is 5.34. The fourth-order valence-electron chi connectivity index (χ4n) is 1.80. The molecule has 0 saturated heterocycles. The molecule has 0 aliphatic heterocycles. The van der Waals surface area contributed by atoms with E-state index in [2.05, 4.69) is 20.9 Å². The van der Waals surface area contributed by atoms with Crippen molar-refractivity contribution in [3.05, 3.63) is 47.9 Å². The van der Waals surface area contributed by atoms with E-state index < -0.39 is 0 Å². The fourth-order valence-corrected chi connectivity index (χ4v) is 1.80. The van der Waals surface area contributed by atoms with Gasteiger partial charge in [0.2, 0.25) is 0 Å². The van der Waals surface area contributed by atoms with Gasteiger partial charge in [0.1, 0.15) is 11.6 Å². The summed E-state index contributed by atoms with van der Waals surface area (Å²) in [4.78, 5) is 10.7. The minimum absolute atomic E-state index is 0.738. The second-order valence-corrected chi connectivity index (χ2v) is 4.19. The lowest BCUT2D eigenvalue weighted by atomic mass is 10.2. The smallest absolute Gasteiger partial charge is 0.147 e.